The molecule has 82 valence electrons. The summed E-state index contributed by atoms with van der Waals surface area (Å²) in [5.41, 5.74) is 0. The maximum absolute atomic E-state index is 9.14. The summed E-state index contributed by atoms with van der Waals surface area (Å²) in [6.07, 6.45) is 4.98. The fraction of sp³-hybridized carbons (Fsp3) is 1.00. The highest BCUT2D eigenvalue weighted by atomic mass is 16.3. The van der Waals surface area contributed by atoms with Gasteiger partial charge in [-0.3, -0.25) is 4.90 Å². The van der Waals surface area contributed by atoms with Crippen LogP contribution in [0.3, 0.4) is 0 Å². The van der Waals surface area contributed by atoms with Crippen molar-refractivity contribution in [2.24, 2.45) is 5.92 Å². The van der Waals surface area contributed by atoms with Crippen LogP contribution in [0.2, 0.25) is 0 Å². The molecule has 2 fully saturated rings. The number of nitrogens with one attached hydrogen (secondary N) is 1. The van der Waals surface area contributed by atoms with Gasteiger partial charge in [0.25, 0.3) is 0 Å². The molecule has 2 heterocycles. The lowest BCUT2D eigenvalue weighted by Gasteiger charge is -2.26. The summed E-state index contributed by atoms with van der Waals surface area (Å²) in [5.74, 6) is 0.564. The van der Waals surface area contributed by atoms with E-state index in [1.807, 2.05) is 0 Å². The lowest BCUT2D eigenvalue weighted by atomic mass is 10.0. The number of likely N-dealkylation sites (tertiary alicyclic amines) is 1. The van der Waals surface area contributed by atoms with Crippen molar-refractivity contribution in [2.75, 3.05) is 32.8 Å². The minimum Gasteiger partial charge on any atom is -0.396 e. The van der Waals surface area contributed by atoms with E-state index in [1.54, 1.807) is 0 Å². The third-order valence-electron chi connectivity index (χ3n) is 3.69. The van der Waals surface area contributed by atoms with E-state index in [2.05, 4.69) is 10.2 Å². The topological polar surface area (TPSA) is 35.5 Å². The first-order chi connectivity index (χ1) is 6.90. The third-order valence-corrected chi connectivity index (χ3v) is 3.69. The Morgan fingerprint density at radius 2 is 2.14 bits per heavy atom. The molecule has 0 spiro atoms. The maximum atomic E-state index is 9.14. The average Bonchev–Trinajstić information content (AvgIpc) is 2.63. The van der Waals surface area contributed by atoms with Crippen molar-refractivity contribution >= 4 is 0 Å². The van der Waals surface area contributed by atoms with Gasteiger partial charge in [0, 0.05) is 19.2 Å². The zero-order valence-electron chi connectivity index (χ0n) is 8.91. The highest BCUT2D eigenvalue weighted by molar-refractivity contribution is 4.82. The van der Waals surface area contributed by atoms with E-state index in [0.29, 0.717) is 12.5 Å². The molecule has 2 N–H and O–H groups in total. The van der Waals surface area contributed by atoms with Crippen LogP contribution in [-0.2, 0) is 0 Å². The molecule has 3 heteroatoms. The van der Waals surface area contributed by atoms with Crippen molar-refractivity contribution < 1.29 is 5.11 Å². The molecule has 2 aliphatic heterocycles. The summed E-state index contributed by atoms with van der Waals surface area (Å²) in [6, 6.07) is 0.771. The number of aliphatic hydroxyl groups is 1. The number of rotatable bonds is 2. The standard InChI is InChI=1S/C11H22N2O/c14-9-10-2-1-6-13(7-4-10)11-3-5-12-8-11/h10-12,14H,1-9H2. The maximum Gasteiger partial charge on any atom is 0.0459 e. The molecule has 2 atom stereocenters. The Morgan fingerprint density at radius 1 is 1.21 bits per heavy atom. The first-order valence-corrected chi connectivity index (χ1v) is 5.96. The second kappa shape index (κ2) is 5.10. The van der Waals surface area contributed by atoms with E-state index >= 15 is 0 Å². The predicted molar refractivity (Wildman–Crippen MR) is 57.3 cm³/mol. The van der Waals surface area contributed by atoms with E-state index < -0.39 is 0 Å². The molecule has 0 amide bonds. The fourth-order valence-corrected chi connectivity index (χ4v) is 2.69. The normalized spacial score (nSPS) is 35.8. The molecular weight excluding hydrogens is 176 g/mol. The lowest BCUT2D eigenvalue weighted by Crippen LogP contribution is -2.37. The van der Waals surface area contributed by atoms with Gasteiger partial charge in [-0.15, -0.1) is 0 Å². The van der Waals surface area contributed by atoms with Crippen LogP contribution in [0.25, 0.3) is 0 Å². The molecule has 3 nitrogen and oxygen atoms in total. The minimum absolute atomic E-state index is 0.386. The molecule has 0 saturated carbocycles. The average molecular weight is 198 g/mol. The van der Waals surface area contributed by atoms with E-state index in [4.69, 9.17) is 5.11 Å². The second-order valence-corrected chi connectivity index (χ2v) is 4.66. The Bertz CT molecular complexity index is 169. The molecule has 0 aromatic heterocycles. The highest BCUT2D eigenvalue weighted by Crippen LogP contribution is 2.20. The monoisotopic (exact) mass is 198 g/mol. The van der Waals surface area contributed by atoms with Gasteiger partial charge in [-0.05, 0) is 51.2 Å². The Hall–Kier alpha value is -0.120. The summed E-state index contributed by atoms with van der Waals surface area (Å²) in [6.45, 7) is 5.17. The molecular formula is C11H22N2O. The van der Waals surface area contributed by atoms with Crippen LogP contribution < -0.4 is 5.32 Å². The van der Waals surface area contributed by atoms with E-state index in [0.717, 1.165) is 6.04 Å². The van der Waals surface area contributed by atoms with Crippen molar-refractivity contribution in [1.82, 2.24) is 10.2 Å². The van der Waals surface area contributed by atoms with E-state index in [-0.39, 0.29) is 0 Å². The number of hydrogen-bond donors (Lipinski definition) is 2. The molecule has 0 aromatic rings. The van der Waals surface area contributed by atoms with E-state index in [1.165, 1.54) is 51.9 Å². The predicted octanol–water partition coefficient (Wildman–Crippen LogP) is 0.443. The Labute approximate surface area is 86.5 Å². The molecule has 0 radical (unpaired) electrons. The summed E-state index contributed by atoms with van der Waals surface area (Å²) >= 11 is 0. The van der Waals surface area contributed by atoms with Gasteiger partial charge in [0.2, 0.25) is 0 Å². The van der Waals surface area contributed by atoms with Crippen LogP contribution in [0.5, 0.6) is 0 Å². The van der Waals surface area contributed by atoms with Crippen LogP contribution in [-0.4, -0.2) is 48.8 Å². The largest absolute Gasteiger partial charge is 0.396 e. The molecule has 0 aliphatic carbocycles. The highest BCUT2D eigenvalue weighted by Gasteiger charge is 2.24. The summed E-state index contributed by atoms with van der Waals surface area (Å²) in [7, 11) is 0. The van der Waals surface area contributed by atoms with Gasteiger partial charge in [0.15, 0.2) is 0 Å². The second-order valence-electron chi connectivity index (χ2n) is 4.66. The van der Waals surface area contributed by atoms with Crippen molar-refractivity contribution in [3.8, 4) is 0 Å². The molecule has 0 aromatic carbocycles. The van der Waals surface area contributed by atoms with E-state index in [9.17, 15) is 0 Å². The molecule has 2 saturated heterocycles. The third kappa shape index (κ3) is 2.47. The van der Waals surface area contributed by atoms with Gasteiger partial charge >= 0.3 is 0 Å². The Balaban J connectivity index is 1.82. The summed E-state index contributed by atoms with van der Waals surface area (Å²) in [5, 5.41) is 12.6. The fourth-order valence-electron chi connectivity index (χ4n) is 2.69. The van der Waals surface area contributed by atoms with Gasteiger partial charge < -0.3 is 10.4 Å². The zero-order chi connectivity index (χ0) is 9.80. The van der Waals surface area contributed by atoms with Crippen LogP contribution in [0.1, 0.15) is 25.7 Å². The van der Waals surface area contributed by atoms with Gasteiger partial charge in [-0.25, -0.2) is 0 Å². The first kappa shape index (κ1) is 10.4. The summed E-state index contributed by atoms with van der Waals surface area (Å²) < 4.78 is 0. The molecule has 2 rings (SSSR count). The SMILES string of the molecule is OCC1CCCN(C2CCNC2)CC1. The van der Waals surface area contributed by atoms with Crippen molar-refractivity contribution in [2.45, 2.75) is 31.7 Å². The number of hydrogen-bond acceptors (Lipinski definition) is 3. The van der Waals surface area contributed by atoms with Gasteiger partial charge in [-0.2, -0.15) is 0 Å². The van der Waals surface area contributed by atoms with Crippen LogP contribution in [0.15, 0.2) is 0 Å². The quantitative estimate of drug-likeness (QED) is 0.676. The smallest absolute Gasteiger partial charge is 0.0459 e. The molecule has 14 heavy (non-hydrogen) atoms. The summed E-state index contributed by atoms with van der Waals surface area (Å²) in [4.78, 5) is 2.62. The number of aliphatic hydroxyl groups excluding tert-OH is 1. The van der Waals surface area contributed by atoms with Crippen LogP contribution in [0.4, 0.5) is 0 Å². The zero-order valence-corrected chi connectivity index (χ0v) is 8.91. The van der Waals surface area contributed by atoms with Crippen molar-refractivity contribution in [1.29, 1.82) is 0 Å². The molecule has 2 unspecified atom stereocenters. The van der Waals surface area contributed by atoms with Gasteiger partial charge in [0.1, 0.15) is 0 Å². The van der Waals surface area contributed by atoms with Gasteiger partial charge in [0.05, 0.1) is 0 Å². The van der Waals surface area contributed by atoms with Crippen molar-refractivity contribution in [3.05, 3.63) is 0 Å². The number of nitrogens with zero attached hydrogens (tertiary/aromatic N) is 1. The minimum atomic E-state index is 0.386. The Morgan fingerprint density at radius 3 is 2.86 bits per heavy atom. The van der Waals surface area contributed by atoms with Crippen LogP contribution in [0, 0.1) is 5.92 Å². The molecule has 0 bridgehead atoms. The van der Waals surface area contributed by atoms with Gasteiger partial charge in [-0.1, -0.05) is 0 Å². The first-order valence-electron chi connectivity index (χ1n) is 5.96. The van der Waals surface area contributed by atoms with Crippen molar-refractivity contribution in [3.63, 3.8) is 0 Å². The Kier molecular flexibility index (Phi) is 3.79. The lowest BCUT2D eigenvalue weighted by molar-refractivity contribution is 0.193. The molecule has 2 aliphatic rings. The van der Waals surface area contributed by atoms with Crippen LogP contribution >= 0.6 is 0 Å².